The Morgan fingerprint density at radius 2 is 1.33 bits per heavy atom. The summed E-state index contributed by atoms with van der Waals surface area (Å²) in [5.74, 6) is 1.16. The zero-order chi connectivity index (χ0) is 37.8. The molecular formula is C39H51ClN5O6P. The van der Waals surface area contributed by atoms with Crippen molar-refractivity contribution in [3.8, 4) is 17.4 Å². The maximum Gasteiger partial charge on any atom is 0.512 e. The fourth-order valence-corrected chi connectivity index (χ4v) is 6.84. The Morgan fingerprint density at radius 3 is 1.94 bits per heavy atom. The summed E-state index contributed by atoms with van der Waals surface area (Å²) in [4.78, 5) is 19.9. The van der Waals surface area contributed by atoms with Gasteiger partial charge in [-0.2, -0.15) is 0 Å². The molecule has 280 valence electrons. The number of para-hydroxylation sites is 1. The maximum atomic E-state index is 13.6. The van der Waals surface area contributed by atoms with Crippen molar-refractivity contribution in [2.24, 2.45) is 0 Å². The average Bonchev–Trinajstić information content (AvgIpc) is 3.16. The molecule has 0 bridgehead atoms. The Kier molecular flexibility index (Phi) is 18.2. The molecule has 2 N–H and O–H groups in total. The van der Waals surface area contributed by atoms with Gasteiger partial charge >= 0.3 is 7.75 Å². The van der Waals surface area contributed by atoms with Gasteiger partial charge in [0.25, 0.3) is 5.69 Å². The van der Waals surface area contributed by atoms with Crippen LogP contribution < -0.4 is 24.2 Å². The smallest absolute Gasteiger partial charge is 0.481 e. The summed E-state index contributed by atoms with van der Waals surface area (Å²) in [6, 6.07) is 23.6. The number of fused-ring (bicyclic) bond motifs is 2. The quantitative estimate of drug-likeness (QED) is 0.0275. The number of pyridine rings is 2. The van der Waals surface area contributed by atoms with Crippen LogP contribution >= 0.6 is 19.3 Å². The SMILES string of the molecule is CC.CC.COc1ccc2nc3cc(Cl)ccc3c(NCCCCCCCCCCNP(=O)(Oc3ccccc3)Oc3ccc([N+](=O)[O-])cc3)c2n1. The molecule has 5 aromatic rings. The normalized spacial score (nSPS) is 11.7. The van der Waals surface area contributed by atoms with E-state index in [4.69, 9.17) is 30.4 Å². The number of anilines is 1. The highest BCUT2D eigenvalue weighted by Gasteiger charge is 2.28. The van der Waals surface area contributed by atoms with E-state index in [2.05, 4.69) is 15.4 Å². The molecular weight excluding hydrogens is 701 g/mol. The number of rotatable bonds is 19. The van der Waals surface area contributed by atoms with Crippen LogP contribution in [0.25, 0.3) is 21.9 Å². The van der Waals surface area contributed by atoms with Gasteiger partial charge in [0.2, 0.25) is 5.88 Å². The van der Waals surface area contributed by atoms with Crippen LogP contribution in [0.3, 0.4) is 0 Å². The molecule has 0 aliphatic rings. The minimum Gasteiger partial charge on any atom is -0.481 e. The standard InChI is InChI=1S/C35H39ClN5O6P.2C2H6/c1-45-33-22-21-31-35(40-33)34(30-20-15-26(36)25-32(30)39-31)37-23-11-6-4-2-3-5-7-12-24-38-48(44,46-28-13-9-8-10-14-28)47-29-18-16-27(17-19-29)41(42)43;2*1-2/h8-10,13-22,25H,2-7,11-12,23-24H2,1H3,(H,37,39)(H,38,44);2*1-2H3. The molecule has 1 unspecified atom stereocenters. The molecule has 2 heterocycles. The number of hydrogen-bond acceptors (Lipinski definition) is 9. The second-order valence-electron chi connectivity index (χ2n) is 11.3. The molecule has 0 saturated heterocycles. The summed E-state index contributed by atoms with van der Waals surface area (Å²) in [5, 5.41) is 19.1. The van der Waals surface area contributed by atoms with E-state index >= 15 is 0 Å². The summed E-state index contributed by atoms with van der Waals surface area (Å²) >= 11 is 6.24. The molecule has 0 radical (unpaired) electrons. The van der Waals surface area contributed by atoms with Crippen molar-refractivity contribution < 1.29 is 23.3 Å². The van der Waals surface area contributed by atoms with E-state index in [-0.39, 0.29) is 11.4 Å². The molecule has 0 spiro atoms. The number of unbranched alkanes of at least 4 members (excludes halogenated alkanes) is 7. The summed E-state index contributed by atoms with van der Waals surface area (Å²) in [6.45, 7) is 9.25. The van der Waals surface area contributed by atoms with Gasteiger partial charge < -0.3 is 19.1 Å². The van der Waals surface area contributed by atoms with Crippen LogP contribution in [0.15, 0.2) is 84.9 Å². The molecule has 11 nitrogen and oxygen atoms in total. The molecule has 2 aromatic heterocycles. The number of halogens is 1. The van der Waals surface area contributed by atoms with Gasteiger partial charge in [-0.1, -0.05) is 96.0 Å². The van der Waals surface area contributed by atoms with Crippen molar-refractivity contribution >= 4 is 52.7 Å². The average molecular weight is 752 g/mol. The molecule has 0 fully saturated rings. The van der Waals surface area contributed by atoms with Crippen LogP contribution in [0.1, 0.15) is 79.1 Å². The van der Waals surface area contributed by atoms with Gasteiger partial charge in [-0.25, -0.2) is 19.6 Å². The number of nitro benzene ring substituents is 1. The third kappa shape index (κ3) is 13.0. The highest BCUT2D eigenvalue weighted by molar-refractivity contribution is 7.52. The van der Waals surface area contributed by atoms with Crippen molar-refractivity contribution in [1.29, 1.82) is 0 Å². The first kappa shape index (κ1) is 42.0. The van der Waals surface area contributed by atoms with Crippen molar-refractivity contribution in [1.82, 2.24) is 15.1 Å². The van der Waals surface area contributed by atoms with E-state index in [0.29, 0.717) is 23.2 Å². The van der Waals surface area contributed by atoms with Gasteiger partial charge in [0.05, 0.1) is 28.8 Å². The Hall–Kier alpha value is -4.44. The molecule has 3 aromatic carbocycles. The number of methoxy groups -OCH3 is 1. The Labute approximate surface area is 312 Å². The first-order valence-electron chi connectivity index (χ1n) is 18.1. The third-order valence-corrected chi connectivity index (χ3v) is 9.47. The topological polar surface area (TPSA) is 138 Å². The number of ether oxygens (including phenoxy) is 1. The summed E-state index contributed by atoms with van der Waals surface area (Å²) < 4.78 is 30.4. The lowest BCUT2D eigenvalue weighted by molar-refractivity contribution is -0.384. The zero-order valence-electron chi connectivity index (χ0n) is 30.8. The third-order valence-electron chi connectivity index (χ3n) is 7.72. The van der Waals surface area contributed by atoms with E-state index < -0.39 is 12.7 Å². The fourth-order valence-electron chi connectivity index (χ4n) is 5.28. The van der Waals surface area contributed by atoms with Crippen molar-refractivity contribution in [3.05, 3.63) is 100 Å². The van der Waals surface area contributed by atoms with Crippen LogP contribution in [-0.4, -0.2) is 35.1 Å². The maximum absolute atomic E-state index is 13.6. The lowest BCUT2D eigenvalue weighted by Gasteiger charge is -2.20. The van der Waals surface area contributed by atoms with Crippen LogP contribution in [0, 0.1) is 10.1 Å². The second-order valence-corrected chi connectivity index (χ2v) is 13.4. The molecule has 0 amide bonds. The number of hydrogen-bond donors (Lipinski definition) is 2. The number of nitrogens with zero attached hydrogens (tertiary/aromatic N) is 3. The van der Waals surface area contributed by atoms with E-state index in [0.717, 1.165) is 85.5 Å². The predicted octanol–water partition coefficient (Wildman–Crippen LogP) is 11.8. The molecule has 13 heteroatoms. The first-order chi connectivity index (χ1) is 25.3. The summed E-state index contributed by atoms with van der Waals surface area (Å²) in [7, 11) is -2.18. The van der Waals surface area contributed by atoms with Crippen molar-refractivity contribution in [3.63, 3.8) is 0 Å². The molecule has 0 aliphatic heterocycles. The van der Waals surface area contributed by atoms with Gasteiger partial charge in [0.15, 0.2) is 0 Å². The van der Waals surface area contributed by atoms with Gasteiger partial charge in [0.1, 0.15) is 17.0 Å². The van der Waals surface area contributed by atoms with E-state index in [1.165, 1.54) is 24.3 Å². The van der Waals surface area contributed by atoms with Crippen molar-refractivity contribution in [2.75, 3.05) is 25.5 Å². The lowest BCUT2D eigenvalue weighted by Crippen LogP contribution is -2.20. The van der Waals surface area contributed by atoms with E-state index in [9.17, 15) is 14.7 Å². The minimum absolute atomic E-state index is 0.0803. The van der Waals surface area contributed by atoms with Crippen LogP contribution in [0.5, 0.6) is 17.4 Å². The molecule has 1 atom stereocenters. The van der Waals surface area contributed by atoms with Gasteiger partial charge in [-0.15, -0.1) is 0 Å². The molecule has 52 heavy (non-hydrogen) atoms. The molecule has 5 rings (SSSR count). The highest BCUT2D eigenvalue weighted by atomic mass is 35.5. The van der Waals surface area contributed by atoms with Crippen LogP contribution in [-0.2, 0) is 4.57 Å². The minimum atomic E-state index is -3.78. The van der Waals surface area contributed by atoms with Crippen molar-refractivity contribution in [2.45, 2.75) is 79.1 Å². The Bertz CT molecular complexity index is 1860. The van der Waals surface area contributed by atoms with Gasteiger partial charge in [-0.3, -0.25) is 10.1 Å². The zero-order valence-corrected chi connectivity index (χ0v) is 32.4. The first-order valence-corrected chi connectivity index (χ1v) is 20.0. The monoisotopic (exact) mass is 751 g/mol. The number of non-ortho nitro benzene ring substituents is 1. The van der Waals surface area contributed by atoms with E-state index in [1.54, 1.807) is 31.4 Å². The fraction of sp³-hybridized carbons (Fsp3) is 0.385. The van der Waals surface area contributed by atoms with Crippen LogP contribution in [0.2, 0.25) is 5.02 Å². The van der Waals surface area contributed by atoms with Gasteiger partial charge in [0, 0.05) is 41.7 Å². The number of benzene rings is 3. The summed E-state index contributed by atoms with van der Waals surface area (Å²) in [6.07, 6.45) is 8.38. The molecule has 0 saturated carbocycles. The van der Waals surface area contributed by atoms with Crippen LogP contribution in [0.4, 0.5) is 11.4 Å². The Morgan fingerprint density at radius 1 is 0.731 bits per heavy atom. The largest absolute Gasteiger partial charge is 0.512 e. The van der Waals surface area contributed by atoms with E-state index in [1.807, 2.05) is 64.1 Å². The highest BCUT2D eigenvalue weighted by Crippen LogP contribution is 2.45. The van der Waals surface area contributed by atoms with Gasteiger partial charge in [-0.05, 0) is 61.4 Å². The number of nitro groups is 1. The predicted molar refractivity (Wildman–Crippen MR) is 213 cm³/mol. The molecule has 0 aliphatic carbocycles. The number of nitrogens with one attached hydrogen (secondary N) is 2. The lowest BCUT2D eigenvalue weighted by atomic mass is 10.1. The second kappa shape index (κ2) is 22.5. The Balaban J connectivity index is 0.00000176. The summed E-state index contributed by atoms with van der Waals surface area (Å²) in [5.41, 5.74) is 3.24. The number of aromatic nitrogens is 2.